The smallest absolute Gasteiger partial charge is 0.230 e. The Morgan fingerprint density at radius 3 is 1.98 bits per heavy atom. The fraction of sp³-hybridized carbons (Fsp3) is 0.273. The van der Waals surface area contributed by atoms with Gasteiger partial charge in [0.25, 0.3) is 0 Å². The van der Waals surface area contributed by atoms with Gasteiger partial charge in [0, 0.05) is 35.4 Å². The molecule has 2 unspecified atom stereocenters. The molecule has 43 heavy (non-hydrogen) atoms. The van der Waals surface area contributed by atoms with Crippen molar-refractivity contribution in [2.75, 3.05) is 14.1 Å². The maximum atomic E-state index is 14.2. The molecule has 6 rings (SSSR count). The van der Waals surface area contributed by atoms with E-state index in [0.29, 0.717) is 22.3 Å². The molecular weight excluding hydrogens is 552 g/mol. The van der Waals surface area contributed by atoms with Crippen LogP contribution in [0.5, 0.6) is 5.75 Å². The van der Waals surface area contributed by atoms with E-state index in [1.54, 1.807) is 30.3 Å². The molecule has 0 spiro atoms. The minimum atomic E-state index is -2.99. The number of aliphatic hydroxyl groups is 4. The van der Waals surface area contributed by atoms with Gasteiger partial charge in [0.15, 0.2) is 11.4 Å². The normalized spacial score (nSPS) is 30.1. The number of hydrogen-bond acceptors (Lipinski definition) is 9. The first-order valence-corrected chi connectivity index (χ1v) is 13.8. The van der Waals surface area contributed by atoms with Crippen LogP contribution in [0, 0.1) is 24.2 Å². The number of aliphatic hydroxyl groups excluding tert-OH is 3. The van der Waals surface area contributed by atoms with Gasteiger partial charge < -0.3 is 36.2 Å². The van der Waals surface area contributed by atoms with Gasteiger partial charge in [-0.25, -0.2) is 0 Å². The van der Waals surface area contributed by atoms with Crippen LogP contribution >= 0.6 is 0 Å². The molecule has 3 aliphatic carbocycles. The Morgan fingerprint density at radius 2 is 1.44 bits per heavy atom. The second-order valence-electron chi connectivity index (χ2n) is 11.6. The highest BCUT2D eigenvalue weighted by Gasteiger charge is 2.70. The van der Waals surface area contributed by atoms with E-state index in [-0.39, 0.29) is 11.3 Å². The van der Waals surface area contributed by atoms with E-state index < -0.39 is 70.4 Å². The molecule has 0 heterocycles. The molecular formula is C33H31N2O8. The minimum Gasteiger partial charge on any atom is -0.507 e. The first kappa shape index (κ1) is 28.8. The molecule has 7 N–H and O–H groups in total. The SMILES string of the molecule is CN(C)[C@H]1C(O)C(C(N)=O)C(=O)[C@]2(O)C(=O)C3=C(O)c4c(O)c(-c5ccccc5)cc(-c5ccccc5)c4[CH][C@@H]3[C@@H](O)[C@H]12. The summed E-state index contributed by atoms with van der Waals surface area (Å²) in [5, 5.41) is 58.1. The average Bonchev–Trinajstić information content (AvgIpc) is 2.98. The van der Waals surface area contributed by atoms with E-state index >= 15 is 0 Å². The number of hydrogen-bond donors (Lipinski definition) is 6. The van der Waals surface area contributed by atoms with Crippen molar-refractivity contribution in [2.24, 2.45) is 23.5 Å². The molecule has 0 saturated heterocycles. The highest BCUT2D eigenvalue weighted by atomic mass is 16.3. The molecule has 1 amide bonds. The number of carbonyl (C=O) groups excluding carboxylic acids is 3. The van der Waals surface area contributed by atoms with Gasteiger partial charge in [0.1, 0.15) is 17.4 Å². The second-order valence-corrected chi connectivity index (χ2v) is 11.6. The Bertz CT molecular complexity index is 1690. The number of nitrogens with two attached hydrogens (primary N) is 1. The van der Waals surface area contributed by atoms with Crippen molar-refractivity contribution in [1.82, 2.24) is 4.90 Å². The Morgan fingerprint density at radius 1 is 0.884 bits per heavy atom. The molecule has 221 valence electrons. The van der Waals surface area contributed by atoms with Gasteiger partial charge in [-0.2, -0.15) is 0 Å². The van der Waals surface area contributed by atoms with Crippen LogP contribution in [0.15, 0.2) is 72.3 Å². The highest BCUT2D eigenvalue weighted by Crippen LogP contribution is 2.55. The van der Waals surface area contributed by atoms with Gasteiger partial charge in [0.05, 0.1) is 17.8 Å². The summed E-state index contributed by atoms with van der Waals surface area (Å²) in [6.45, 7) is 0. The average molecular weight is 584 g/mol. The second kappa shape index (κ2) is 10.1. The van der Waals surface area contributed by atoms with E-state index in [1.807, 2.05) is 36.4 Å². The van der Waals surface area contributed by atoms with Crippen molar-refractivity contribution in [3.63, 3.8) is 0 Å². The molecule has 3 aromatic carbocycles. The number of nitrogens with zero attached hydrogens (tertiary/aromatic N) is 1. The number of Topliss-reactive ketones (excluding diaryl/α,β-unsaturated/α-hetero) is 2. The number of ketones is 2. The van der Waals surface area contributed by atoms with Gasteiger partial charge in [0.2, 0.25) is 11.7 Å². The van der Waals surface area contributed by atoms with Gasteiger partial charge in [-0.3, -0.25) is 14.4 Å². The number of fused-ring (bicyclic) bond motifs is 3. The summed E-state index contributed by atoms with van der Waals surface area (Å²) in [5.74, 6) is -9.62. The zero-order valence-electron chi connectivity index (χ0n) is 23.4. The topological polar surface area (TPSA) is 182 Å². The van der Waals surface area contributed by atoms with Crippen LogP contribution in [0.4, 0.5) is 0 Å². The summed E-state index contributed by atoms with van der Waals surface area (Å²) in [5.41, 5.74) is 4.50. The van der Waals surface area contributed by atoms with Crippen molar-refractivity contribution in [1.29, 1.82) is 0 Å². The first-order valence-electron chi connectivity index (χ1n) is 13.8. The maximum Gasteiger partial charge on any atom is 0.230 e. The van der Waals surface area contributed by atoms with Crippen molar-refractivity contribution >= 4 is 23.2 Å². The summed E-state index contributed by atoms with van der Waals surface area (Å²) in [6, 6.07) is 18.6. The largest absolute Gasteiger partial charge is 0.507 e. The number of likely N-dealkylation sites (N-methyl/N-ethyl adjacent to an activating group) is 1. The molecule has 3 aliphatic rings. The highest BCUT2D eigenvalue weighted by molar-refractivity contribution is 6.25. The summed E-state index contributed by atoms with van der Waals surface area (Å²) >= 11 is 0. The summed E-state index contributed by atoms with van der Waals surface area (Å²) in [6.07, 6.45) is -1.86. The van der Waals surface area contributed by atoms with E-state index in [2.05, 4.69) is 0 Å². The third-order valence-corrected chi connectivity index (χ3v) is 9.11. The van der Waals surface area contributed by atoms with Crippen molar-refractivity contribution < 1.29 is 39.9 Å². The van der Waals surface area contributed by atoms with E-state index in [1.165, 1.54) is 25.4 Å². The predicted octanol–water partition coefficient (Wildman–Crippen LogP) is 1.44. The van der Waals surface area contributed by atoms with Crippen LogP contribution in [0.1, 0.15) is 11.1 Å². The number of rotatable bonds is 4. The monoisotopic (exact) mass is 583 g/mol. The third kappa shape index (κ3) is 3.98. The number of amides is 1. The zero-order chi connectivity index (χ0) is 31.0. The van der Waals surface area contributed by atoms with Gasteiger partial charge in [-0.15, -0.1) is 0 Å². The third-order valence-electron chi connectivity index (χ3n) is 9.11. The lowest BCUT2D eigenvalue weighted by Crippen LogP contribution is -2.76. The van der Waals surface area contributed by atoms with Crippen LogP contribution in [0.2, 0.25) is 0 Å². The lowest BCUT2D eigenvalue weighted by Gasteiger charge is -2.55. The quantitative estimate of drug-likeness (QED) is 0.248. The fourth-order valence-electron chi connectivity index (χ4n) is 7.16. The summed E-state index contributed by atoms with van der Waals surface area (Å²) in [7, 11) is 3.03. The molecule has 0 bridgehead atoms. The number of phenolic OH excluding ortho intramolecular Hbond substituents is 1. The van der Waals surface area contributed by atoms with E-state index in [4.69, 9.17) is 5.73 Å². The van der Waals surface area contributed by atoms with Crippen molar-refractivity contribution in [3.8, 4) is 28.0 Å². The summed E-state index contributed by atoms with van der Waals surface area (Å²) in [4.78, 5) is 41.5. The molecule has 0 aromatic heterocycles. The first-order chi connectivity index (χ1) is 20.4. The van der Waals surface area contributed by atoms with Crippen LogP contribution in [-0.4, -0.2) is 85.9 Å². The Hall–Kier alpha value is -4.35. The van der Waals surface area contributed by atoms with Crippen LogP contribution < -0.4 is 5.73 Å². The molecule has 7 atom stereocenters. The summed E-state index contributed by atoms with van der Waals surface area (Å²) < 4.78 is 0. The van der Waals surface area contributed by atoms with E-state index in [9.17, 15) is 39.9 Å². The molecule has 1 radical (unpaired) electrons. The molecule has 10 heteroatoms. The number of carbonyl (C=O) groups is 3. The molecule has 3 aromatic rings. The molecule has 0 aliphatic heterocycles. The Kier molecular flexibility index (Phi) is 6.78. The lowest BCUT2D eigenvalue weighted by atomic mass is 9.53. The molecule has 10 nitrogen and oxygen atoms in total. The van der Waals surface area contributed by atoms with Crippen molar-refractivity contribution in [2.45, 2.75) is 23.9 Å². The Labute approximate surface area is 247 Å². The lowest BCUT2D eigenvalue weighted by molar-refractivity contribution is -0.197. The Balaban J connectivity index is 1.63. The maximum absolute atomic E-state index is 14.2. The van der Waals surface area contributed by atoms with Gasteiger partial charge >= 0.3 is 0 Å². The molecule has 2 saturated carbocycles. The minimum absolute atomic E-state index is 0.104. The van der Waals surface area contributed by atoms with Crippen LogP contribution in [0.3, 0.4) is 0 Å². The number of aromatic hydroxyl groups is 1. The standard InChI is InChI=1S/C33H31N2O8/c1-35(2)25-24-27(37)20-14-19-17(15-9-5-3-6-10-15)13-18(16-11-7-4-8-12-16)26(36)21(19)28(38)22(20)30(40)33(24,43)31(41)23(29(25)39)32(34)42/h3-14,20,23-25,27,29,36-39,43H,1-2H3,(H2,34,42)/t20-,23?,24-,25+,27+,29?,33+/m0/s1. The van der Waals surface area contributed by atoms with Gasteiger partial charge in [-0.1, -0.05) is 60.7 Å². The fourth-order valence-corrected chi connectivity index (χ4v) is 7.16. The van der Waals surface area contributed by atoms with Crippen LogP contribution in [0.25, 0.3) is 28.0 Å². The van der Waals surface area contributed by atoms with Crippen molar-refractivity contribution in [3.05, 3.63) is 89.9 Å². The predicted molar refractivity (Wildman–Crippen MR) is 156 cm³/mol. The molecule has 2 fully saturated rings. The number of benzene rings is 3. The number of primary amides is 1. The van der Waals surface area contributed by atoms with E-state index in [0.717, 1.165) is 5.56 Å². The number of phenols is 1. The van der Waals surface area contributed by atoms with Gasteiger partial charge in [-0.05, 0) is 42.4 Å². The zero-order valence-corrected chi connectivity index (χ0v) is 23.4. The van der Waals surface area contributed by atoms with Crippen LogP contribution in [-0.2, 0) is 14.4 Å².